The first-order chi connectivity index (χ1) is 11.7. The molecule has 0 spiro atoms. The zero-order chi connectivity index (χ0) is 16.5. The molecule has 3 aromatic rings. The minimum absolute atomic E-state index is 0.0754. The van der Waals surface area contributed by atoms with Gasteiger partial charge in [-0.2, -0.15) is 0 Å². The predicted octanol–water partition coefficient (Wildman–Crippen LogP) is 4.62. The van der Waals surface area contributed by atoms with Crippen molar-refractivity contribution in [3.05, 3.63) is 64.4 Å². The Morgan fingerprint density at radius 2 is 2.21 bits per heavy atom. The molecule has 24 heavy (non-hydrogen) atoms. The summed E-state index contributed by atoms with van der Waals surface area (Å²) in [6, 6.07) is 9.34. The number of carbonyl (C=O) groups excluding carboxylic acids is 1. The van der Waals surface area contributed by atoms with Crippen LogP contribution in [0.25, 0.3) is 16.8 Å². The molecule has 0 unspecified atom stereocenters. The fourth-order valence-corrected chi connectivity index (χ4v) is 3.61. The summed E-state index contributed by atoms with van der Waals surface area (Å²) in [4.78, 5) is 17.2. The van der Waals surface area contributed by atoms with E-state index in [0.29, 0.717) is 6.42 Å². The Bertz CT molecular complexity index is 922. The van der Waals surface area contributed by atoms with Crippen molar-refractivity contribution in [1.82, 2.24) is 4.98 Å². The number of hydrogen-bond acceptors (Lipinski definition) is 5. The molecule has 1 aromatic carbocycles. The third kappa shape index (κ3) is 2.67. The van der Waals surface area contributed by atoms with Gasteiger partial charge < -0.3 is 9.15 Å². The number of furan rings is 1. The largest absolute Gasteiger partial charge is 0.497 e. The lowest BCUT2D eigenvalue weighted by Gasteiger charge is -2.18. The molecule has 120 valence electrons. The molecule has 0 radical (unpaired) electrons. The molecule has 0 aliphatic heterocycles. The van der Waals surface area contributed by atoms with Crippen LogP contribution in [0.15, 0.2) is 52.0 Å². The molecule has 0 N–H and O–H groups in total. The van der Waals surface area contributed by atoms with Gasteiger partial charge in [0.05, 0.1) is 19.1 Å². The van der Waals surface area contributed by atoms with E-state index in [9.17, 15) is 4.79 Å². The summed E-state index contributed by atoms with van der Waals surface area (Å²) in [5.74, 6) is 1.61. The van der Waals surface area contributed by atoms with E-state index >= 15 is 0 Å². The summed E-state index contributed by atoms with van der Waals surface area (Å²) in [5, 5.41) is 2.77. The maximum absolute atomic E-state index is 12.7. The highest BCUT2D eigenvalue weighted by Gasteiger charge is 2.22. The van der Waals surface area contributed by atoms with Crippen molar-refractivity contribution >= 4 is 23.2 Å². The molecule has 0 amide bonds. The second-order valence-electron chi connectivity index (χ2n) is 5.58. The summed E-state index contributed by atoms with van der Waals surface area (Å²) < 4.78 is 10.6. The molecule has 4 nitrogen and oxygen atoms in total. The number of aryl methyl sites for hydroxylation is 1. The van der Waals surface area contributed by atoms with Gasteiger partial charge in [0.2, 0.25) is 0 Å². The Hall–Kier alpha value is -2.66. The number of Topliss-reactive ketones (excluding diaryl/α,β-unsaturated/α-hetero) is 1. The second kappa shape index (κ2) is 6.09. The van der Waals surface area contributed by atoms with Crippen LogP contribution in [0.3, 0.4) is 0 Å². The van der Waals surface area contributed by atoms with Gasteiger partial charge in [-0.25, -0.2) is 4.98 Å². The van der Waals surface area contributed by atoms with Crippen LogP contribution in [0.5, 0.6) is 5.75 Å². The Kier molecular flexibility index (Phi) is 3.78. The van der Waals surface area contributed by atoms with E-state index < -0.39 is 0 Å². The number of aromatic nitrogens is 1. The first-order valence-corrected chi connectivity index (χ1v) is 8.54. The average Bonchev–Trinajstić information content (AvgIpc) is 3.28. The van der Waals surface area contributed by atoms with Crippen molar-refractivity contribution in [2.75, 3.05) is 7.11 Å². The van der Waals surface area contributed by atoms with Crippen LogP contribution in [0, 0.1) is 0 Å². The van der Waals surface area contributed by atoms with Crippen LogP contribution in [0.1, 0.15) is 28.0 Å². The molecular formula is C19H15NO3S. The van der Waals surface area contributed by atoms with Gasteiger partial charge >= 0.3 is 0 Å². The number of rotatable bonds is 3. The average molecular weight is 337 g/mol. The van der Waals surface area contributed by atoms with Gasteiger partial charge in [-0.15, -0.1) is 11.3 Å². The molecule has 0 saturated carbocycles. The van der Waals surface area contributed by atoms with Crippen molar-refractivity contribution in [3.63, 3.8) is 0 Å². The fraction of sp³-hybridized carbons (Fsp3) is 0.158. The molecular weight excluding hydrogens is 322 g/mol. The number of allylic oxidation sites excluding steroid dienone is 1. The van der Waals surface area contributed by atoms with E-state index in [-0.39, 0.29) is 5.78 Å². The maximum Gasteiger partial charge on any atom is 0.189 e. The normalized spacial score (nSPS) is 15.5. The highest BCUT2D eigenvalue weighted by molar-refractivity contribution is 7.13. The van der Waals surface area contributed by atoms with Crippen LogP contribution in [-0.4, -0.2) is 17.9 Å². The van der Waals surface area contributed by atoms with Gasteiger partial charge in [-0.1, -0.05) is 0 Å². The molecule has 4 rings (SSSR count). The van der Waals surface area contributed by atoms with Crippen molar-refractivity contribution in [2.45, 2.75) is 12.8 Å². The summed E-state index contributed by atoms with van der Waals surface area (Å²) in [7, 11) is 1.64. The summed E-state index contributed by atoms with van der Waals surface area (Å²) in [5.41, 5.74) is 3.40. The SMILES string of the molecule is COc1ccc2c(c1)CCC(=Cc1csc(-c3ccco3)n1)C2=O. The Morgan fingerprint density at radius 1 is 1.29 bits per heavy atom. The van der Waals surface area contributed by atoms with Crippen LogP contribution >= 0.6 is 11.3 Å². The molecule has 0 fully saturated rings. The van der Waals surface area contributed by atoms with Crippen LogP contribution in [0.2, 0.25) is 0 Å². The number of hydrogen-bond donors (Lipinski definition) is 0. The Balaban J connectivity index is 1.63. The predicted molar refractivity (Wildman–Crippen MR) is 93.4 cm³/mol. The Morgan fingerprint density at radius 3 is 3.00 bits per heavy atom. The van der Waals surface area contributed by atoms with E-state index in [4.69, 9.17) is 9.15 Å². The van der Waals surface area contributed by atoms with E-state index in [0.717, 1.165) is 45.3 Å². The number of fused-ring (bicyclic) bond motifs is 1. The number of methoxy groups -OCH3 is 1. The number of nitrogens with zero attached hydrogens (tertiary/aromatic N) is 1. The highest BCUT2D eigenvalue weighted by Crippen LogP contribution is 2.30. The standard InChI is InChI=1S/C19H15NO3S/c1-22-15-6-7-16-12(10-15)4-5-13(18(16)21)9-14-11-24-19(20-14)17-3-2-8-23-17/h2-3,6-11H,4-5H2,1H3. The molecule has 0 atom stereocenters. The minimum atomic E-state index is 0.0754. The first-order valence-electron chi connectivity index (χ1n) is 7.66. The van der Waals surface area contributed by atoms with Crippen molar-refractivity contribution < 1.29 is 13.9 Å². The molecule has 5 heteroatoms. The van der Waals surface area contributed by atoms with Gasteiger partial charge in [-0.05, 0) is 54.8 Å². The third-order valence-corrected chi connectivity index (χ3v) is 4.96. The molecule has 1 aliphatic rings. The van der Waals surface area contributed by atoms with Crippen LogP contribution < -0.4 is 4.74 Å². The van der Waals surface area contributed by atoms with E-state index in [1.165, 1.54) is 11.3 Å². The monoisotopic (exact) mass is 337 g/mol. The van der Waals surface area contributed by atoms with E-state index in [1.807, 2.05) is 41.8 Å². The zero-order valence-corrected chi connectivity index (χ0v) is 13.9. The Labute approximate surface area is 143 Å². The van der Waals surface area contributed by atoms with Gasteiger partial charge in [0.25, 0.3) is 0 Å². The lowest BCUT2D eigenvalue weighted by Crippen LogP contribution is -2.14. The summed E-state index contributed by atoms with van der Waals surface area (Å²) >= 11 is 1.51. The van der Waals surface area contributed by atoms with Crippen LogP contribution in [-0.2, 0) is 6.42 Å². The molecule has 1 aliphatic carbocycles. The topological polar surface area (TPSA) is 52.3 Å². The fourth-order valence-electron chi connectivity index (χ4n) is 2.86. The van der Waals surface area contributed by atoms with Gasteiger partial charge in [-0.3, -0.25) is 4.79 Å². The van der Waals surface area contributed by atoms with Gasteiger partial charge in [0.1, 0.15) is 5.75 Å². The molecule has 0 saturated heterocycles. The lowest BCUT2D eigenvalue weighted by atomic mass is 9.86. The zero-order valence-electron chi connectivity index (χ0n) is 13.1. The lowest BCUT2D eigenvalue weighted by molar-refractivity contribution is 0.102. The highest BCUT2D eigenvalue weighted by atomic mass is 32.1. The van der Waals surface area contributed by atoms with Crippen molar-refractivity contribution in [1.29, 1.82) is 0 Å². The van der Waals surface area contributed by atoms with E-state index in [1.54, 1.807) is 13.4 Å². The van der Waals surface area contributed by atoms with Crippen molar-refractivity contribution in [2.24, 2.45) is 0 Å². The van der Waals surface area contributed by atoms with Gasteiger partial charge in [0.15, 0.2) is 16.6 Å². The third-order valence-electron chi connectivity index (χ3n) is 4.09. The first kappa shape index (κ1) is 14.9. The number of ether oxygens (including phenoxy) is 1. The number of benzene rings is 1. The van der Waals surface area contributed by atoms with Gasteiger partial charge in [0, 0.05) is 16.5 Å². The number of ketones is 1. The van der Waals surface area contributed by atoms with Crippen LogP contribution in [0.4, 0.5) is 0 Å². The quantitative estimate of drug-likeness (QED) is 0.654. The smallest absolute Gasteiger partial charge is 0.189 e. The second-order valence-corrected chi connectivity index (χ2v) is 6.43. The maximum atomic E-state index is 12.7. The number of carbonyl (C=O) groups is 1. The molecule has 0 bridgehead atoms. The summed E-state index contributed by atoms with van der Waals surface area (Å²) in [6.45, 7) is 0. The van der Waals surface area contributed by atoms with E-state index in [2.05, 4.69) is 4.98 Å². The minimum Gasteiger partial charge on any atom is -0.497 e. The summed E-state index contributed by atoms with van der Waals surface area (Å²) in [6.07, 6.45) is 5.06. The molecule has 2 heterocycles. The molecule has 2 aromatic heterocycles. The van der Waals surface area contributed by atoms with Crippen molar-refractivity contribution in [3.8, 4) is 16.5 Å². The number of thiazole rings is 1.